The molecule has 2 aromatic rings. The molecule has 20 heavy (non-hydrogen) atoms. The van der Waals surface area contributed by atoms with Gasteiger partial charge in [-0.05, 0) is 12.6 Å². The van der Waals surface area contributed by atoms with Crippen molar-refractivity contribution in [2.75, 3.05) is 13.6 Å². The Morgan fingerprint density at radius 1 is 1.00 bits per heavy atom. The van der Waals surface area contributed by atoms with Gasteiger partial charge in [-0.25, -0.2) is 0 Å². The number of hydrogen-bond donors (Lipinski definition) is 0. The van der Waals surface area contributed by atoms with Crippen LogP contribution in [0.4, 0.5) is 0 Å². The first kappa shape index (κ1) is 14.5. The highest BCUT2D eigenvalue weighted by atomic mass is 16.1. The van der Waals surface area contributed by atoms with Gasteiger partial charge < -0.3 is 4.90 Å². The molecule has 0 spiro atoms. The minimum atomic E-state index is 0.00566. The lowest BCUT2D eigenvalue weighted by atomic mass is 9.99. The number of ketones is 1. The Balaban J connectivity index is 1.91. The van der Waals surface area contributed by atoms with E-state index in [2.05, 4.69) is 24.1 Å². The number of carbonyl (C=O) groups excluding carboxylic acids is 1. The average molecular weight is 267 g/mol. The van der Waals surface area contributed by atoms with Gasteiger partial charge in [0.15, 0.2) is 5.78 Å². The molecule has 0 heterocycles. The normalized spacial score (nSPS) is 12.3. The average Bonchev–Trinajstić information content (AvgIpc) is 2.48. The van der Waals surface area contributed by atoms with E-state index in [1.54, 1.807) is 0 Å². The Labute approximate surface area is 121 Å². The molecule has 0 aliphatic carbocycles. The summed E-state index contributed by atoms with van der Waals surface area (Å²) < 4.78 is 0. The minimum absolute atomic E-state index is 0.00566. The molecule has 2 heteroatoms. The maximum Gasteiger partial charge on any atom is 0.166 e. The van der Waals surface area contributed by atoms with Crippen molar-refractivity contribution in [2.45, 2.75) is 13.5 Å². The highest BCUT2D eigenvalue weighted by molar-refractivity contribution is 5.97. The summed E-state index contributed by atoms with van der Waals surface area (Å²) in [5.74, 6) is 0.219. The molecule has 2 rings (SSSR count). The summed E-state index contributed by atoms with van der Waals surface area (Å²) in [6.07, 6.45) is 0. The molecule has 0 saturated heterocycles. The molecule has 104 valence electrons. The predicted octanol–water partition coefficient (Wildman–Crippen LogP) is 3.64. The molecule has 2 aromatic carbocycles. The Bertz CT molecular complexity index is 536. The molecule has 0 aliphatic heterocycles. The van der Waals surface area contributed by atoms with Crippen molar-refractivity contribution in [3.05, 3.63) is 71.8 Å². The first-order chi connectivity index (χ1) is 9.66. The fourth-order valence-corrected chi connectivity index (χ4v) is 2.40. The molecule has 1 atom stereocenters. The van der Waals surface area contributed by atoms with Gasteiger partial charge >= 0.3 is 0 Å². The van der Waals surface area contributed by atoms with Gasteiger partial charge in [-0.3, -0.25) is 4.79 Å². The highest BCUT2D eigenvalue weighted by Gasteiger charge is 2.16. The molecule has 0 saturated carbocycles. The van der Waals surface area contributed by atoms with Crippen molar-refractivity contribution in [3.8, 4) is 0 Å². The zero-order chi connectivity index (χ0) is 14.4. The molecule has 0 aromatic heterocycles. The van der Waals surface area contributed by atoms with Crippen molar-refractivity contribution in [2.24, 2.45) is 5.92 Å². The summed E-state index contributed by atoms with van der Waals surface area (Å²) in [6, 6.07) is 19.9. The molecule has 2 nitrogen and oxygen atoms in total. The molecular weight excluding hydrogens is 246 g/mol. The number of benzene rings is 2. The van der Waals surface area contributed by atoms with Gasteiger partial charge in [0.1, 0.15) is 0 Å². The van der Waals surface area contributed by atoms with Crippen LogP contribution in [0, 0.1) is 5.92 Å². The predicted molar refractivity (Wildman–Crippen MR) is 82.7 cm³/mol. The highest BCUT2D eigenvalue weighted by Crippen LogP contribution is 2.11. The van der Waals surface area contributed by atoms with Crippen LogP contribution in [0.5, 0.6) is 0 Å². The van der Waals surface area contributed by atoms with E-state index in [9.17, 15) is 4.79 Å². The van der Waals surface area contributed by atoms with Crippen LogP contribution in [0.15, 0.2) is 60.7 Å². The van der Waals surface area contributed by atoms with E-state index >= 15 is 0 Å². The monoisotopic (exact) mass is 267 g/mol. The van der Waals surface area contributed by atoms with Crippen molar-refractivity contribution >= 4 is 5.78 Å². The third kappa shape index (κ3) is 4.04. The third-order valence-electron chi connectivity index (χ3n) is 3.39. The first-order valence-electron chi connectivity index (χ1n) is 6.98. The van der Waals surface area contributed by atoms with Gasteiger partial charge in [0.2, 0.25) is 0 Å². The van der Waals surface area contributed by atoms with Crippen LogP contribution >= 0.6 is 0 Å². The molecule has 0 unspecified atom stereocenters. The maximum absolute atomic E-state index is 12.3. The van der Waals surface area contributed by atoms with Crippen molar-refractivity contribution in [1.29, 1.82) is 0 Å². The Morgan fingerprint density at radius 2 is 1.55 bits per heavy atom. The fraction of sp³-hybridized carbons (Fsp3) is 0.278. The number of nitrogens with zero attached hydrogens (tertiary/aromatic N) is 1. The molecule has 0 radical (unpaired) electrons. The molecular formula is C18H21NO. The summed E-state index contributed by atoms with van der Waals surface area (Å²) in [5.41, 5.74) is 2.07. The van der Waals surface area contributed by atoms with E-state index in [1.807, 2.05) is 55.5 Å². The minimum Gasteiger partial charge on any atom is -0.301 e. The SMILES string of the molecule is C[C@@H](CN(C)Cc1ccccc1)C(=O)c1ccccc1. The van der Waals surface area contributed by atoms with Gasteiger partial charge in [0, 0.05) is 24.6 Å². The topological polar surface area (TPSA) is 20.3 Å². The van der Waals surface area contributed by atoms with E-state index in [1.165, 1.54) is 5.56 Å². The summed E-state index contributed by atoms with van der Waals surface area (Å²) in [6.45, 7) is 3.63. The van der Waals surface area contributed by atoms with Crippen LogP contribution in [0.2, 0.25) is 0 Å². The van der Waals surface area contributed by atoms with Crippen LogP contribution in [0.3, 0.4) is 0 Å². The van der Waals surface area contributed by atoms with E-state index in [-0.39, 0.29) is 11.7 Å². The summed E-state index contributed by atoms with van der Waals surface area (Å²) >= 11 is 0. The Hall–Kier alpha value is -1.93. The third-order valence-corrected chi connectivity index (χ3v) is 3.39. The molecule has 0 N–H and O–H groups in total. The number of hydrogen-bond acceptors (Lipinski definition) is 2. The smallest absolute Gasteiger partial charge is 0.166 e. The number of carbonyl (C=O) groups is 1. The van der Waals surface area contributed by atoms with E-state index in [0.717, 1.165) is 18.7 Å². The van der Waals surface area contributed by atoms with Crippen molar-refractivity contribution in [1.82, 2.24) is 4.90 Å². The van der Waals surface area contributed by atoms with E-state index < -0.39 is 0 Å². The van der Waals surface area contributed by atoms with Crippen molar-refractivity contribution in [3.63, 3.8) is 0 Å². The quantitative estimate of drug-likeness (QED) is 0.745. The number of Topliss-reactive ketones (excluding diaryl/α,β-unsaturated/α-hetero) is 1. The lowest BCUT2D eigenvalue weighted by molar-refractivity contribution is 0.0901. The fourth-order valence-electron chi connectivity index (χ4n) is 2.40. The van der Waals surface area contributed by atoms with E-state index in [0.29, 0.717) is 0 Å². The van der Waals surface area contributed by atoms with Crippen LogP contribution in [-0.2, 0) is 6.54 Å². The lowest BCUT2D eigenvalue weighted by Crippen LogP contribution is -2.28. The zero-order valence-corrected chi connectivity index (χ0v) is 12.1. The van der Waals surface area contributed by atoms with Gasteiger partial charge in [-0.1, -0.05) is 67.6 Å². The summed E-state index contributed by atoms with van der Waals surface area (Å²) in [4.78, 5) is 14.5. The van der Waals surface area contributed by atoms with Crippen molar-refractivity contribution < 1.29 is 4.79 Å². The maximum atomic E-state index is 12.3. The summed E-state index contributed by atoms with van der Waals surface area (Å²) in [7, 11) is 2.06. The number of rotatable bonds is 6. The molecule has 0 bridgehead atoms. The Morgan fingerprint density at radius 3 is 2.15 bits per heavy atom. The van der Waals surface area contributed by atoms with Gasteiger partial charge in [-0.15, -0.1) is 0 Å². The van der Waals surface area contributed by atoms with Crippen LogP contribution in [0.1, 0.15) is 22.8 Å². The summed E-state index contributed by atoms with van der Waals surface area (Å²) in [5, 5.41) is 0. The molecule has 0 amide bonds. The standard InChI is InChI=1S/C18H21NO/c1-15(18(20)17-11-7-4-8-12-17)13-19(2)14-16-9-5-3-6-10-16/h3-12,15H,13-14H2,1-2H3/t15-/m0/s1. The second-order valence-electron chi connectivity index (χ2n) is 5.31. The molecule has 0 fully saturated rings. The first-order valence-corrected chi connectivity index (χ1v) is 6.98. The van der Waals surface area contributed by atoms with Crippen LogP contribution in [0.25, 0.3) is 0 Å². The van der Waals surface area contributed by atoms with E-state index in [4.69, 9.17) is 0 Å². The molecule has 0 aliphatic rings. The zero-order valence-electron chi connectivity index (χ0n) is 12.1. The van der Waals surface area contributed by atoms with Gasteiger partial charge in [0.05, 0.1) is 0 Å². The Kier molecular flexibility index (Phi) is 5.08. The second kappa shape index (κ2) is 7.01. The van der Waals surface area contributed by atoms with Gasteiger partial charge in [-0.2, -0.15) is 0 Å². The largest absolute Gasteiger partial charge is 0.301 e. The van der Waals surface area contributed by atoms with Crippen LogP contribution in [-0.4, -0.2) is 24.3 Å². The second-order valence-corrected chi connectivity index (χ2v) is 5.31. The van der Waals surface area contributed by atoms with Crippen LogP contribution < -0.4 is 0 Å². The van der Waals surface area contributed by atoms with Gasteiger partial charge in [0.25, 0.3) is 0 Å². The lowest BCUT2D eigenvalue weighted by Gasteiger charge is -2.20.